The number of aromatic nitrogens is 1. The van der Waals surface area contributed by atoms with Crippen LogP contribution in [0.25, 0.3) is 0 Å². The highest BCUT2D eigenvalue weighted by Gasteiger charge is 2.24. The molecule has 1 aromatic heterocycles. The normalized spacial score (nSPS) is 14.8. The molecule has 32 heavy (non-hydrogen) atoms. The van der Waals surface area contributed by atoms with E-state index in [1.54, 1.807) is 53.7 Å². The fourth-order valence-electron chi connectivity index (χ4n) is 3.57. The minimum absolute atomic E-state index is 0.0367. The van der Waals surface area contributed by atoms with Gasteiger partial charge < -0.3 is 4.90 Å². The quantitative estimate of drug-likeness (QED) is 0.596. The molecule has 2 aromatic carbocycles. The molecule has 1 fully saturated rings. The number of benzene rings is 2. The number of hydrogen-bond donors (Lipinski definition) is 1. The van der Waals surface area contributed by atoms with E-state index in [9.17, 15) is 13.2 Å². The number of nitrogens with one attached hydrogen (secondary N) is 1. The third-order valence-electron chi connectivity index (χ3n) is 5.30. The van der Waals surface area contributed by atoms with E-state index in [2.05, 4.69) is 14.6 Å². The molecule has 9 heteroatoms. The van der Waals surface area contributed by atoms with Crippen molar-refractivity contribution >= 4 is 33.2 Å². The van der Waals surface area contributed by atoms with Crippen molar-refractivity contribution in [3.63, 3.8) is 0 Å². The Bertz CT molecular complexity index is 1180. The third kappa shape index (κ3) is 5.45. The molecule has 0 spiro atoms. The van der Waals surface area contributed by atoms with Crippen LogP contribution in [0.15, 0.2) is 78.0 Å². The Balaban J connectivity index is 1.40. The molecule has 0 atom stereocenters. The summed E-state index contributed by atoms with van der Waals surface area (Å²) in [7, 11) is -3.83. The van der Waals surface area contributed by atoms with Gasteiger partial charge in [-0.1, -0.05) is 17.7 Å². The monoisotopic (exact) mass is 470 g/mol. The van der Waals surface area contributed by atoms with Crippen molar-refractivity contribution in [2.24, 2.45) is 0 Å². The molecule has 1 N–H and O–H groups in total. The summed E-state index contributed by atoms with van der Waals surface area (Å²) in [5, 5.41) is 0.515. The Morgan fingerprint density at radius 3 is 2.34 bits per heavy atom. The maximum atomic E-state index is 13.0. The topological polar surface area (TPSA) is 82.6 Å². The van der Waals surface area contributed by atoms with E-state index in [0.29, 0.717) is 29.4 Å². The van der Waals surface area contributed by atoms with E-state index in [1.807, 2.05) is 12.1 Å². The fourth-order valence-corrected chi connectivity index (χ4v) is 4.80. The number of nitrogens with zero attached hydrogens (tertiary/aromatic N) is 3. The third-order valence-corrected chi connectivity index (χ3v) is 6.93. The predicted molar refractivity (Wildman–Crippen MR) is 124 cm³/mol. The Morgan fingerprint density at radius 2 is 1.66 bits per heavy atom. The largest absolute Gasteiger partial charge is 0.336 e. The molecule has 4 rings (SSSR count). The van der Waals surface area contributed by atoms with Gasteiger partial charge in [0.1, 0.15) is 0 Å². The van der Waals surface area contributed by atoms with Crippen LogP contribution >= 0.6 is 11.6 Å². The van der Waals surface area contributed by atoms with Gasteiger partial charge in [0.05, 0.1) is 4.90 Å². The molecule has 1 saturated heterocycles. The summed E-state index contributed by atoms with van der Waals surface area (Å²) >= 11 is 5.85. The molecule has 0 aliphatic carbocycles. The average molecular weight is 471 g/mol. The number of carbonyl (C=O) groups excluding carboxylic acids is 1. The number of rotatable bonds is 6. The molecule has 2 heterocycles. The summed E-state index contributed by atoms with van der Waals surface area (Å²) in [6, 6.07) is 16.5. The molecule has 1 aliphatic rings. The van der Waals surface area contributed by atoms with Crippen molar-refractivity contribution in [2.45, 2.75) is 11.4 Å². The fraction of sp³-hybridized carbons (Fsp3) is 0.217. The number of carbonyl (C=O) groups is 1. The minimum atomic E-state index is -3.83. The van der Waals surface area contributed by atoms with E-state index < -0.39 is 10.0 Å². The van der Waals surface area contributed by atoms with Gasteiger partial charge in [0.2, 0.25) is 0 Å². The van der Waals surface area contributed by atoms with Crippen LogP contribution in [0.5, 0.6) is 0 Å². The molecule has 3 aromatic rings. The van der Waals surface area contributed by atoms with Crippen LogP contribution in [0, 0.1) is 0 Å². The molecule has 7 nitrogen and oxygen atoms in total. The molecule has 0 saturated carbocycles. The lowest BCUT2D eigenvalue weighted by atomic mass is 10.1. The second-order valence-electron chi connectivity index (χ2n) is 7.56. The van der Waals surface area contributed by atoms with Gasteiger partial charge in [-0.15, -0.1) is 0 Å². The number of halogens is 1. The molecule has 0 bridgehead atoms. The van der Waals surface area contributed by atoms with Crippen molar-refractivity contribution in [1.29, 1.82) is 0 Å². The maximum Gasteiger partial charge on any atom is 0.261 e. The highest BCUT2D eigenvalue weighted by Crippen LogP contribution is 2.20. The van der Waals surface area contributed by atoms with Crippen LogP contribution in [-0.4, -0.2) is 55.3 Å². The first-order valence-electron chi connectivity index (χ1n) is 10.2. The molecule has 1 amide bonds. The van der Waals surface area contributed by atoms with Crippen molar-refractivity contribution in [3.05, 3.63) is 89.2 Å². The SMILES string of the molecule is O=C(c1cccc(S(=O)(=O)Nc2ccc(Cl)cc2)c1)N1CCN(Cc2ccncc2)CC1. The zero-order valence-corrected chi connectivity index (χ0v) is 18.9. The molecular weight excluding hydrogens is 448 g/mol. The standard InChI is InChI=1S/C23H23ClN4O3S/c24-20-4-6-21(7-5-20)26-32(30,31)22-3-1-2-19(16-22)23(29)28-14-12-27(13-15-28)17-18-8-10-25-11-9-18/h1-11,16,26H,12-15,17H2. The highest BCUT2D eigenvalue weighted by atomic mass is 35.5. The van der Waals surface area contributed by atoms with Gasteiger partial charge >= 0.3 is 0 Å². The Hall–Kier alpha value is -2.94. The first-order chi connectivity index (χ1) is 15.4. The first-order valence-corrected chi connectivity index (χ1v) is 12.1. The summed E-state index contributed by atoms with van der Waals surface area (Å²) in [5.41, 5.74) is 1.94. The van der Waals surface area contributed by atoms with Gasteiger partial charge in [0.15, 0.2) is 0 Å². The van der Waals surface area contributed by atoms with Crippen molar-refractivity contribution in [3.8, 4) is 0 Å². The summed E-state index contributed by atoms with van der Waals surface area (Å²) in [6.45, 7) is 3.50. The Labute approximate surface area is 192 Å². The van der Waals surface area contributed by atoms with E-state index in [-0.39, 0.29) is 10.8 Å². The van der Waals surface area contributed by atoms with E-state index >= 15 is 0 Å². The Morgan fingerprint density at radius 1 is 0.969 bits per heavy atom. The Kier molecular flexibility index (Phi) is 6.74. The summed E-state index contributed by atoms with van der Waals surface area (Å²) in [6.07, 6.45) is 3.55. The van der Waals surface area contributed by atoms with Crippen molar-refractivity contribution < 1.29 is 13.2 Å². The van der Waals surface area contributed by atoms with Gasteiger partial charge in [0, 0.05) is 61.4 Å². The van der Waals surface area contributed by atoms with Crippen molar-refractivity contribution in [1.82, 2.24) is 14.8 Å². The summed E-state index contributed by atoms with van der Waals surface area (Å²) < 4.78 is 28.1. The predicted octanol–water partition coefficient (Wildman–Crippen LogP) is 3.49. The second-order valence-corrected chi connectivity index (χ2v) is 9.68. The first kappa shape index (κ1) is 22.3. The van der Waals surface area contributed by atoms with E-state index in [0.717, 1.165) is 19.6 Å². The number of amides is 1. The molecule has 166 valence electrons. The van der Waals surface area contributed by atoms with Gasteiger partial charge in [0.25, 0.3) is 15.9 Å². The van der Waals surface area contributed by atoms with Gasteiger partial charge in [-0.2, -0.15) is 0 Å². The van der Waals surface area contributed by atoms with Crippen LogP contribution in [0.4, 0.5) is 5.69 Å². The summed E-state index contributed by atoms with van der Waals surface area (Å²) in [4.78, 5) is 21.1. The molecule has 0 unspecified atom stereocenters. The molecule has 0 radical (unpaired) electrons. The summed E-state index contributed by atoms with van der Waals surface area (Å²) in [5.74, 6) is -0.169. The molecule has 1 aliphatic heterocycles. The number of hydrogen-bond acceptors (Lipinski definition) is 5. The van der Waals surface area contributed by atoms with Crippen LogP contribution in [0.2, 0.25) is 5.02 Å². The van der Waals surface area contributed by atoms with Crippen LogP contribution in [0.3, 0.4) is 0 Å². The van der Waals surface area contributed by atoms with E-state index in [4.69, 9.17) is 11.6 Å². The lowest BCUT2D eigenvalue weighted by Gasteiger charge is -2.34. The van der Waals surface area contributed by atoms with Gasteiger partial charge in [-0.25, -0.2) is 8.42 Å². The zero-order valence-electron chi connectivity index (χ0n) is 17.3. The van der Waals surface area contributed by atoms with Gasteiger partial charge in [-0.05, 0) is 60.2 Å². The lowest BCUT2D eigenvalue weighted by molar-refractivity contribution is 0.0628. The van der Waals surface area contributed by atoms with Crippen LogP contribution in [-0.2, 0) is 16.6 Å². The number of piperazine rings is 1. The number of pyridine rings is 1. The van der Waals surface area contributed by atoms with Crippen LogP contribution < -0.4 is 4.72 Å². The maximum absolute atomic E-state index is 13.0. The van der Waals surface area contributed by atoms with Crippen LogP contribution in [0.1, 0.15) is 15.9 Å². The highest BCUT2D eigenvalue weighted by molar-refractivity contribution is 7.92. The molecular formula is C23H23ClN4O3S. The minimum Gasteiger partial charge on any atom is -0.336 e. The van der Waals surface area contributed by atoms with Gasteiger partial charge in [-0.3, -0.25) is 19.4 Å². The smallest absolute Gasteiger partial charge is 0.261 e. The van der Waals surface area contributed by atoms with E-state index in [1.165, 1.54) is 17.7 Å². The average Bonchev–Trinajstić information content (AvgIpc) is 2.81. The number of sulfonamides is 1. The number of anilines is 1. The lowest BCUT2D eigenvalue weighted by Crippen LogP contribution is -2.48. The second kappa shape index (κ2) is 9.68. The van der Waals surface area contributed by atoms with Crippen molar-refractivity contribution in [2.75, 3.05) is 30.9 Å². The zero-order chi connectivity index (χ0) is 22.6.